The van der Waals surface area contributed by atoms with E-state index in [1.165, 1.54) is 30.3 Å². The van der Waals surface area contributed by atoms with Crippen LogP contribution in [0.5, 0.6) is 0 Å². The summed E-state index contributed by atoms with van der Waals surface area (Å²) in [6.45, 7) is 0.276. The second-order valence-electron chi connectivity index (χ2n) is 6.25. The van der Waals surface area contributed by atoms with Gasteiger partial charge in [-0.3, -0.25) is 14.5 Å². The maximum atomic E-state index is 12.8. The Hall–Kier alpha value is -3.40. The van der Waals surface area contributed by atoms with E-state index in [1.807, 2.05) is 0 Å². The van der Waals surface area contributed by atoms with Gasteiger partial charge in [0.1, 0.15) is 0 Å². The van der Waals surface area contributed by atoms with Crippen molar-refractivity contribution < 1.29 is 26.4 Å². The first-order chi connectivity index (χ1) is 14.1. The first-order valence-electron chi connectivity index (χ1n) is 8.62. The molecular formula is C20H16F3N3O3S. The molecule has 0 unspecified atom stereocenters. The molecule has 0 aliphatic heterocycles. The Morgan fingerprint density at radius 1 is 0.967 bits per heavy atom. The van der Waals surface area contributed by atoms with Crippen molar-refractivity contribution in [3.8, 4) is 0 Å². The van der Waals surface area contributed by atoms with E-state index in [0.29, 0.717) is 6.07 Å². The molecule has 0 radical (unpaired) electrons. The van der Waals surface area contributed by atoms with E-state index >= 15 is 0 Å². The SMILES string of the molecule is O=C(NCc1ccncc1)c1ccc(S(=O)(=O)Nc2cccc(C(F)(F)F)c2)cc1. The summed E-state index contributed by atoms with van der Waals surface area (Å²) in [5.41, 5.74) is -0.0992. The van der Waals surface area contributed by atoms with Crippen LogP contribution in [-0.4, -0.2) is 19.3 Å². The Kier molecular flexibility index (Phi) is 6.06. The summed E-state index contributed by atoms with van der Waals surface area (Å²) in [5.74, 6) is -0.401. The molecule has 0 aliphatic carbocycles. The fourth-order valence-corrected chi connectivity index (χ4v) is 3.59. The first-order valence-corrected chi connectivity index (χ1v) is 10.1. The highest BCUT2D eigenvalue weighted by molar-refractivity contribution is 7.92. The number of pyridine rings is 1. The van der Waals surface area contributed by atoms with Crippen molar-refractivity contribution in [3.05, 3.63) is 89.7 Å². The van der Waals surface area contributed by atoms with Gasteiger partial charge in [0.05, 0.1) is 10.5 Å². The number of rotatable bonds is 6. The smallest absolute Gasteiger partial charge is 0.348 e. The summed E-state index contributed by atoms with van der Waals surface area (Å²) >= 11 is 0. The molecule has 10 heteroatoms. The minimum atomic E-state index is -4.59. The predicted molar refractivity (Wildman–Crippen MR) is 104 cm³/mol. The lowest BCUT2D eigenvalue weighted by Gasteiger charge is -2.11. The van der Waals surface area contributed by atoms with Gasteiger partial charge in [0.2, 0.25) is 0 Å². The van der Waals surface area contributed by atoms with Crippen LogP contribution >= 0.6 is 0 Å². The maximum absolute atomic E-state index is 12.8. The lowest BCUT2D eigenvalue weighted by atomic mass is 10.2. The number of carbonyl (C=O) groups is 1. The lowest BCUT2D eigenvalue weighted by molar-refractivity contribution is -0.137. The van der Waals surface area contributed by atoms with Crippen molar-refractivity contribution in [2.75, 3.05) is 4.72 Å². The molecule has 0 saturated carbocycles. The third-order valence-electron chi connectivity index (χ3n) is 4.07. The second-order valence-corrected chi connectivity index (χ2v) is 7.93. The number of halogens is 3. The number of hydrogen-bond donors (Lipinski definition) is 2. The zero-order chi connectivity index (χ0) is 21.8. The minimum Gasteiger partial charge on any atom is -0.348 e. The molecule has 3 rings (SSSR count). The number of hydrogen-bond acceptors (Lipinski definition) is 4. The first kappa shape index (κ1) is 21.3. The number of sulfonamides is 1. The monoisotopic (exact) mass is 435 g/mol. The highest BCUT2D eigenvalue weighted by atomic mass is 32.2. The molecule has 6 nitrogen and oxygen atoms in total. The largest absolute Gasteiger partial charge is 0.416 e. The summed E-state index contributed by atoms with van der Waals surface area (Å²) in [4.78, 5) is 15.9. The fourth-order valence-electron chi connectivity index (χ4n) is 2.54. The standard InChI is InChI=1S/C20H16F3N3O3S/c21-20(22,23)16-2-1-3-17(12-16)26-30(28,29)18-6-4-15(5-7-18)19(27)25-13-14-8-10-24-11-9-14/h1-12,26H,13H2,(H,25,27). The molecule has 0 saturated heterocycles. The van der Waals surface area contributed by atoms with Crippen molar-refractivity contribution in [2.45, 2.75) is 17.6 Å². The van der Waals surface area contributed by atoms with Gasteiger partial charge in [0, 0.05) is 30.2 Å². The van der Waals surface area contributed by atoms with E-state index in [2.05, 4.69) is 15.0 Å². The Bertz CT molecular complexity index is 1130. The number of alkyl halides is 3. The molecule has 0 atom stereocenters. The molecule has 0 aliphatic rings. The van der Waals surface area contributed by atoms with Crippen LogP contribution in [0.2, 0.25) is 0 Å². The van der Waals surface area contributed by atoms with Crippen LogP contribution in [0.25, 0.3) is 0 Å². The fraction of sp³-hybridized carbons (Fsp3) is 0.100. The van der Waals surface area contributed by atoms with Gasteiger partial charge in [-0.1, -0.05) is 6.07 Å². The molecular weight excluding hydrogens is 419 g/mol. The third kappa shape index (κ3) is 5.35. The third-order valence-corrected chi connectivity index (χ3v) is 5.47. The molecule has 0 bridgehead atoms. The van der Waals surface area contributed by atoms with Gasteiger partial charge in [-0.15, -0.1) is 0 Å². The van der Waals surface area contributed by atoms with E-state index in [9.17, 15) is 26.4 Å². The molecule has 30 heavy (non-hydrogen) atoms. The molecule has 1 amide bonds. The van der Waals surface area contributed by atoms with Crippen molar-refractivity contribution in [3.63, 3.8) is 0 Å². The normalized spacial score (nSPS) is 11.7. The Labute approximate surface area is 170 Å². The number of nitrogens with one attached hydrogen (secondary N) is 2. The molecule has 0 spiro atoms. The molecule has 1 heterocycles. The average molecular weight is 435 g/mol. The van der Waals surface area contributed by atoms with Gasteiger partial charge in [-0.05, 0) is 60.2 Å². The van der Waals surface area contributed by atoms with Crippen LogP contribution in [0, 0.1) is 0 Å². The second kappa shape index (κ2) is 8.54. The van der Waals surface area contributed by atoms with Gasteiger partial charge in [-0.2, -0.15) is 13.2 Å². The lowest BCUT2D eigenvalue weighted by Crippen LogP contribution is -2.23. The number of carbonyl (C=O) groups excluding carboxylic acids is 1. The van der Waals surface area contributed by atoms with Crippen molar-refractivity contribution in [1.29, 1.82) is 0 Å². The molecule has 2 aromatic carbocycles. The van der Waals surface area contributed by atoms with Crippen LogP contribution in [0.3, 0.4) is 0 Å². The Morgan fingerprint density at radius 3 is 2.27 bits per heavy atom. The maximum Gasteiger partial charge on any atom is 0.416 e. The van der Waals surface area contributed by atoms with Crippen molar-refractivity contribution in [2.24, 2.45) is 0 Å². The van der Waals surface area contributed by atoms with Crippen LogP contribution in [0.15, 0.2) is 78.0 Å². The van der Waals surface area contributed by atoms with E-state index < -0.39 is 27.7 Å². The topological polar surface area (TPSA) is 88.2 Å². The summed E-state index contributed by atoms with van der Waals surface area (Å²) in [7, 11) is -4.13. The molecule has 156 valence electrons. The number of amides is 1. The quantitative estimate of drug-likeness (QED) is 0.616. The van der Waals surface area contributed by atoms with Crippen LogP contribution < -0.4 is 10.0 Å². The summed E-state index contributed by atoms with van der Waals surface area (Å²) in [6, 6.07) is 12.4. The number of anilines is 1. The van der Waals surface area contributed by atoms with Crippen LogP contribution in [0.1, 0.15) is 21.5 Å². The van der Waals surface area contributed by atoms with Gasteiger partial charge in [-0.25, -0.2) is 8.42 Å². The van der Waals surface area contributed by atoms with E-state index in [4.69, 9.17) is 0 Å². The van der Waals surface area contributed by atoms with E-state index in [-0.39, 0.29) is 22.7 Å². The summed E-state index contributed by atoms with van der Waals surface area (Å²) in [6.07, 6.45) is -1.40. The zero-order valence-corrected chi connectivity index (χ0v) is 16.2. The van der Waals surface area contributed by atoms with Gasteiger partial charge < -0.3 is 5.32 Å². The molecule has 1 aromatic heterocycles. The molecule has 2 N–H and O–H groups in total. The van der Waals surface area contributed by atoms with Gasteiger partial charge in [0.15, 0.2) is 0 Å². The van der Waals surface area contributed by atoms with Gasteiger partial charge in [0.25, 0.3) is 15.9 Å². The Morgan fingerprint density at radius 2 is 1.63 bits per heavy atom. The Balaban J connectivity index is 1.69. The number of nitrogens with zero attached hydrogens (tertiary/aromatic N) is 1. The van der Waals surface area contributed by atoms with Crippen molar-refractivity contribution >= 4 is 21.6 Å². The molecule has 0 fully saturated rings. The van der Waals surface area contributed by atoms with E-state index in [1.54, 1.807) is 24.5 Å². The van der Waals surface area contributed by atoms with Crippen LogP contribution in [-0.2, 0) is 22.7 Å². The number of benzene rings is 2. The minimum absolute atomic E-state index is 0.189. The summed E-state index contributed by atoms with van der Waals surface area (Å²) < 4.78 is 65.4. The van der Waals surface area contributed by atoms with Crippen LogP contribution in [0.4, 0.5) is 18.9 Å². The molecule has 3 aromatic rings. The average Bonchev–Trinajstić information content (AvgIpc) is 2.72. The summed E-state index contributed by atoms with van der Waals surface area (Å²) in [5, 5.41) is 2.70. The number of aromatic nitrogens is 1. The van der Waals surface area contributed by atoms with Crippen molar-refractivity contribution in [1.82, 2.24) is 10.3 Å². The highest BCUT2D eigenvalue weighted by Gasteiger charge is 2.30. The van der Waals surface area contributed by atoms with Gasteiger partial charge >= 0.3 is 6.18 Å². The highest BCUT2D eigenvalue weighted by Crippen LogP contribution is 2.31. The van der Waals surface area contributed by atoms with E-state index in [0.717, 1.165) is 17.7 Å². The predicted octanol–water partition coefficient (Wildman–Crippen LogP) is 3.83. The zero-order valence-electron chi connectivity index (χ0n) is 15.3.